The number of phenolic OH excluding ortho intramolecular Hbond substituents is 1. The van der Waals surface area contributed by atoms with Gasteiger partial charge in [-0.05, 0) is 43.8 Å². The molecule has 0 aliphatic carbocycles. The number of thiocarbonyl (C=S) groups is 1. The number of rotatable bonds is 3. The summed E-state index contributed by atoms with van der Waals surface area (Å²) >= 11 is 7.08. The van der Waals surface area contributed by atoms with Crippen molar-refractivity contribution in [2.75, 3.05) is 43.5 Å². The van der Waals surface area contributed by atoms with Crippen molar-refractivity contribution >= 4 is 45.3 Å². The zero-order valence-corrected chi connectivity index (χ0v) is 17.2. The van der Waals surface area contributed by atoms with E-state index < -0.39 is 0 Å². The fourth-order valence-electron chi connectivity index (χ4n) is 3.12. The summed E-state index contributed by atoms with van der Waals surface area (Å²) in [6.07, 6.45) is 0. The van der Waals surface area contributed by atoms with E-state index in [4.69, 9.17) is 17.0 Å². The summed E-state index contributed by atoms with van der Waals surface area (Å²) in [7, 11) is 1.38. The van der Waals surface area contributed by atoms with E-state index in [0.717, 1.165) is 47.3 Å². The molecule has 1 saturated heterocycles. The molecule has 0 saturated carbocycles. The summed E-state index contributed by atoms with van der Waals surface area (Å²) in [6.45, 7) is 6.87. The van der Waals surface area contributed by atoms with Crippen LogP contribution in [0.25, 0.3) is 0 Å². The van der Waals surface area contributed by atoms with Crippen molar-refractivity contribution in [2.45, 2.75) is 13.8 Å². The van der Waals surface area contributed by atoms with Crippen molar-refractivity contribution in [2.24, 2.45) is 0 Å². The molecule has 2 heterocycles. The Morgan fingerprint density at radius 2 is 1.89 bits per heavy atom. The van der Waals surface area contributed by atoms with Gasteiger partial charge in [-0.3, -0.25) is 0 Å². The van der Waals surface area contributed by atoms with Crippen molar-refractivity contribution in [1.29, 1.82) is 0 Å². The molecule has 2 N–H and O–H groups in total. The Balaban J connectivity index is 1.66. The van der Waals surface area contributed by atoms with Crippen LogP contribution in [0.1, 0.15) is 20.8 Å². The summed E-state index contributed by atoms with van der Waals surface area (Å²) in [5.41, 5.74) is 2.31. The molecule has 1 aliphatic rings. The Morgan fingerprint density at radius 3 is 2.52 bits per heavy atom. The van der Waals surface area contributed by atoms with Gasteiger partial charge < -0.3 is 25.0 Å². The number of esters is 1. The Kier molecular flexibility index (Phi) is 5.86. The number of aryl methyl sites for hydroxylation is 1. The quantitative estimate of drug-likeness (QED) is 0.599. The van der Waals surface area contributed by atoms with Crippen molar-refractivity contribution in [3.05, 3.63) is 40.3 Å². The van der Waals surface area contributed by atoms with Gasteiger partial charge in [-0.1, -0.05) is 12.1 Å². The third-order valence-corrected chi connectivity index (χ3v) is 6.27. The van der Waals surface area contributed by atoms with Gasteiger partial charge in [0.1, 0.15) is 10.8 Å². The number of benzene rings is 1. The van der Waals surface area contributed by atoms with Crippen LogP contribution in [0, 0.1) is 13.8 Å². The van der Waals surface area contributed by atoms with Gasteiger partial charge in [0.2, 0.25) is 0 Å². The predicted molar refractivity (Wildman–Crippen MR) is 113 cm³/mol. The Hall–Kier alpha value is -2.32. The van der Waals surface area contributed by atoms with Gasteiger partial charge >= 0.3 is 5.97 Å². The lowest BCUT2D eigenvalue weighted by Crippen LogP contribution is -2.50. The first kappa shape index (κ1) is 19.4. The maximum atomic E-state index is 12.1. The highest BCUT2D eigenvalue weighted by Crippen LogP contribution is 2.33. The number of ether oxygens (including phenoxy) is 1. The van der Waals surface area contributed by atoms with Gasteiger partial charge in [0.05, 0.1) is 18.4 Å². The molecule has 6 nitrogen and oxygen atoms in total. The number of hydrogen-bond acceptors (Lipinski definition) is 6. The Labute approximate surface area is 168 Å². The van der Waals surface area contributed by atoms with Gasteiger partial charge in [0.25, 0.3) is 0 Å². The van der Waals surface area contributed by atoms with E-state index in [2.05, 4.69) is 15.1 Å². The van der Waals surface area contributed by atoms with Crippen LogP contribution in [0.4, 0.5) is 10.7 Å². The van der Waals surface area contributed by atoms with Crippen molar-refractivity contribution < 1.29 is 14.6 Å². The minimum atomic E-state index is -0.355. The molecule has 0 atom stereocenters. The predicted octanol–water partition coefficient (Wildman–Crippen LogP) is 3.38. The SMILES string of the molecule is COC(=O)c1c(NC(=S)N2CCN(c3ccccc3O)CC2)sc(C)c1C. The van der Waals surface area contributed by atoms with Crippen LogP contribution >= 0.6 is 23.6 Å². The van der Waals surface area contributed by atoms with Crippen LogP contribution in [0.15, 0.2) is 24.3 Å². The van der Waals surface area contributed by atoms with Crippen molar-refractivity contribution in [3.63, 3.8) is 0 Å². The summed E-state index contributed by atoms with van der Waals surface area (Å²) < 4.78 is 4.91. The number of thiophene rings is 1. The van der Waals surface area contributed by atoms with E-state index >= 15 is 0 Å². The van der Waals surface area contributed by atoms with Gasteiger partial charge in [-0.15, -0.1) is 11.3 Å². The van der Waals surface area contributed by atoms with E-state index in [1.54, 1.807) is 6.07 Å². The lowest BCUT2D eigenvalue weighted by molar-refractivity contribution is 0.0601. The standard InChI is InChI=1S/C19H23N3O3S2/c1-12-13(2)27-17(16(12)18(24)25-3)20-19(26)22-10-8-21(9-11-22)14-6-4-5-7-15(14)23/h4-7,23H,8-11H2,1-3H3,(H,20,26). The molecule has 1 fully saturated rings. The number of carbonyl (C=O) groups excluding carboxylic acids is 1. The molecule has 1 aliphatic heterocycles. The fraction of sp³-hybridized carbons (Fsp3) is 0.368. The average Bonchev–Trinajstić information content (AvgIpc) is 2.95. The zero-order chi connectivity index (χ0) is 19.6. The number of para-hydroxylation sites is 2. The molecule has 3 rings (SSSR count). The van der Waals surface area contributed by atoms with Crippen LogP contribution in [-0.2, 0) is 4.74 Å². The Morgan fingerprint density at radius 1 is 1.22 bits per heavy atom. The third-order valence-electron chi connectivity index (χ3n) is 4.78. The molecular formula is C19H23N3O3S2. The highest BCUT2D eigenvalue weighted by Gasteiger charge is 2.24. The largest absolute Gasteiger partial charge is 0.506 e. The number of carbonyl (C=O) groups is 1. The second kappa shape index (κ2) is 8.14. The van der Waals surface area contributed by atoms with E-state index in [-0.39, 0.29) is 5.97 Å². The number of phenols is 1. The van der Waals surface area contributed by atoms with Crippen molar-refractivity contribution in [1.82, 2.24) is 4.90 Å². The number of aromatic hydroxyl groups is 1. The van der Waals surface area contributed by atoms with E-state index in [1.807, 2.05) is 32.0 Å². The molecule has 0 amide bonds. The lowest BCUT2D eigenvalue weighted by Gasteiger charge is -2.37. The van der Waals surface area contributed by atoms with Gasteiger partial charge in [-0.25, -0.2) is 4.79 Å². The maximum absolute atomic E-state index is 12.1. The minimum Gasteiger partial charge on any atom is -0.506 e. The third kappa shape index (κ3) is 4.01. The monoisotopic (exact) mass is 405 g/mol. The van der Waals surface area contributed by atoms with Gasteiger partial charge in [-0.2, -0.15) is 0 Å². The van der Waals surface area contributed by atoms with Crippen LogP contribution in [-0.4, -0.2) is 54.4 Å². The molecule has 0 bridgehead atoms. The molecule has 1 aromatic carbocycles. The summed E-state index contributed by atoms with van der Waals surface area (Å²) in [5.74, 6) is -0.0644. The maximum Gasteiger partial charge on any atom is 0.341 e. The average molecular weight is 406 g/mol. The molecule has 27 heavy (non-hydrogen) atoms. The molecule has 1 aromatic heterocycles. The highest BCUT2D eigenvalue weighted by molar-refractivity contribution is 7.80. The van der Waals surface area contributed by atoms with E-state index in [9.17, 15) is 9.90 Å². The second-order valence-electron chi connectivity index (χ2n) is 6.37. The van der Waals surface area contributed by atoms with Crippen LogP contribution in [0.3, 0.4) is 0 Å². The summed E-state index contributed by atoms with van der Waals surface area (Å²) in [6, 6.07) is 7.35. The van der Waals surface area contributed by atoms with Crippen LogP contribution in [0.5, 0.6) is 5.75 Å². The number of hydrogen-bond donors (Lipinski definition) is 2. The number of methoxy groups -OCH3 is 1. The van der Waals surface area contributed by atoms with E-state index in [0.29, 0.717) is 16.4 Å². The fourth-order valence-corrected chi connectivity index (χ4v) is 4.52. The first-order valence-electron chi connectivity index (χ1n) is 8.69. The molecular weight excluding hydrogens is 382 g/mol. The number of nitrogens with one attached hydrogen (secondary N) is 1. The van der Waals surface area contributed by atoms with Gasteiger partial charge in [0, 0.05) is 31.1 Å². The number of anilines is 2. The molecule has 0 radical (unpaired) electrons. The molecule has 144 valence electrons. The first-order valence-corrected chi connectivity index (χ1v) is 9.92. The number of piperazine rings is 1. The smallest absolute Gasteiger partial charge is 0.341 e. The summed E-state index contributed by atoms with van der Waals surface area (Å²) in [5, 5.41) is 14.6. The normalized spacial score (nSPS) is 14.2. The van der Waals surface area contributed by atoms with Crippen molar-refractivity contribution in [3.8, 4) is 5.75 Å². The highest BCUT2D eigenvalue weighted by atomic mass is 32.1. The van der Waals surface area contributed by atoms with Gasteiger partial charge in [0.15, 0.2) is 5.11 Å². The minimum absolute atomic E-state index is 0.291. The first-order chi connectivity index (χ1) is 12.9. The van der Waals surface area contributed by atoms with Crippen LogP contribution < -0.4 is 10.2 Å². The summed E-state index contributed by atoms with van der Waals surface area (Å²) in [4.78, 5) is 17.4. The lowest BCUT2D eigenvalue weighted by atomic mass is 10.1. The number of nitrogens with zero attached hydrogens (tertiary/aromatic N) is 2. The molecule has 0 spiro atoms. The van der Waals surface area contributed by atoms with Crippen LogP contribution in [0.2, 0.25) is 0 Å². The zero-order valence-electron chi connectivity index (χ0n) is 15.6. The molecule has 0 unspecified atom stereocenters. The molecule has 8 heteroatoms. The van der Waals surface area contributed by atoms with E-state index in [1.165, 1.54) is 18.4 Å². The second-order valence-corrected chi connectivity index (χ2v) is 7.98. The topological polar surface area (TPSA) is 65.0 Å². The molecule has 2 aromatic rings. The Bertz CT molecular complexity index is 858.